The number of furan rings is 1. The number of nitrogens with one attached hydrogen (secondary N) is 1. The normalized spacial score (nSPS) is 11.6. The number of hydrogen-bond donors (Lipinski definition) is 1. The van der Waals surface area contributed by atoms with Crippen molar-refractivity contribution in [2.75, 3.05) is 11.9 Å². The van der Waals surface area contributed by atoms with Crippen molar-refractivity contribution in [3.63, 3.8) is 0 Å². The lowest BCUT2D eigenvalue weighted by atomic mass is 9.92. The molecule has 0 amide bonds. The van der Waals surface area contributed by atoms with Gasteiger partial charge in [0.1, 0.15) is 12.1 Å². The summed E-state index contributed by atoms with van der Waals surface area (Å²) in [5.74, 6) is 1.56. The maximum atomic E-state index is 5.09. The minimum atomic E-state index is -0.00834. The van der Waals surface area contributed by atoms with E-state index < -0.39 is 0 Å². The summed E-state index contributed by atoms with van der Waals surface area (Å²) in [4.78, 5) is 9.12. The molecular formula is C14H19N3O. The monoisotopic (exact) mass is 245 g/mol. The molecule has 2 aromatic rings. The van der Waals surface area contributed by atoms with Gasteiger partial charge in [0.15, 0.2) is 5.82 Å². The highest BCUT2D eigenvalue weighted by atomic mass is 16.3. The Morgan fingerprint density at radius 2 is 2.06 bits per heavy atom. The van der Waals surface area contributed by atoms with Gasteiger partial charge in [-0.1, -0.05) is 20.8 Å². The average Bonchev–Trinajstić information content (AvgIpc) is 2.81. The number of hydrogen-bond acceptors (Lipinski definition) is 4. The van der Waals surface area contributed by atoms with Crippen LogP contribution < -0.4 is 5.32 Å². The SMILES string of the molecule is CCNc1cc(C(C)(C)C)nc(-c2ccoc2)n1. The van der Waals surface area contributed by atoms with Crippen LogP contribution in [0.15, 0.2) is 29.1 Å². The number of anilines is 1. The molecule has 0 bridgehead atoms. The van der Waals surface area contributed by atoms with E-state index in [2.05, 4.69) is 43.0 Å². The van der Waals surface area contributed by atoms with Crippen LogP contribution in [0.4, 0.5) is 5.82 Å². The predicted molar refractivity (Wildman–Crippen MR) is 72.6 cm³/mol. The Balaban J connectivity index is 2.50. The van der Waals surface area contributed by atoms with Crippen molar-refractivity contribution in [3.8, 4) is 11.4 Å². The molecule has 2 aromatic heterocycles. The molecule has 0 atom stereocenters. The lowest BCUT2D eigenvalue weighted by Gasteiger charge is -2.19. The molecule has 0 spiro atoms. The molecular weight excluding hydrogens is 226 g/mol. The Morgan fingerprint density at radius 1 is 1.28 bits per heavy atom. The minimum absolute atomic E-state index is 0.00834. The van der Waals surface area contributed by atoms with Crippen LogP contribution in [0, 0.1) is 0 Å². The highest BCUT2D eigenvalue weighted by Gasteiger charge is 2.18. The Labute approximate surface area is 107 Å². The third kappa shape index (κ3) is 2.70. The molecule has 18 heavy (non-hydrogen) atoms. The van der Waals surface area contributed by atoms with E-state index in [1.54, 1.807) is 12.5 Å². The van der Waals surface area contributed by atoms with Gasteiger partial charge in [-0.15, -0.1) is 0 Å². The largest absolute Gasteiger partial charge is 0.472 e. The molecule has 0 fully saturated rings. The van der Waals surface area contributed by atoms with Crippen molar-refractivity contribution in [2.24, 2.45) is 0 Å². The van der Waals surface area contributed by atoms with Crippen molar-refractivity contribution < 1.29 is 4.42 Å². The first-order chi connectivity index (χ1) is 8.50. The smallest absolute Gasteiger partial charge is 0.165 e. The summed E-state index contributed by atoms with van der Waals surface area (Å²) in [6.07, 6.45) is 3.30. The highest BCUT2D eigenvalue weighted by Crippen LogP contribution is 2.25. The summed E-state index contributed by atoms with van der Waals surface area (Å²) >= 11 is 0. The molecule has 0 radical (unpaired) electrons. The standard InChI is InChI=1S/C14H19N3O/c1-5-15-12-8-11(14(2,3)4)16-13(17-12)10-6-7-18-9-10/h6-9H,5H2,1-4H3,(H,15,16,17). The molecule has 0 aliphatic rings. The summed E-state index contributed by atoms with van der Waals surface area (Å²) in [5, 5.41) is 3.24. The maximum Gasteiger partial charge on any atom is 0.165 e. The van der Waals surface area contributed by atoms with E-state index in [0.29, 0.717) is 5.82 Å². The first-order valence-corrected chi connectivity index (χ1v) is 6.16. The van der Waals surface area contributed by atoms with E-state index >= 15 is 0 Å². The van der Waals surface area contributed by atoms with Crippen molar-refractivity contribution >= 4 is 5.82 Å². The summed E-state index contributed by atoms with van der Waals surface area (Å²) in [5.41, 5.74) is 1.91. The molecule has 0 saturated carbocycles. The molecule has 0 aliphatic heterocycles. The van der Waals surface area contributed by atoms with Gasteiger partial charge in [-0.2, -0.15) is 0 Å². The van der Waals surface area contributed by atoms with Crippen molar-refractivity contribution in [3.05, 3.63) is 30.4 Å². The van der Waals surface area contributed by atoms with Crippen molar-refractivity contribution in [2.45, 2.75) is 33.1 Å². The fourth-order valence-corrected chi connectivity index (χ4v) is 1.62. The first kappa shape index (κ1) is 12.6. The molecule has 0 aromatic carbocycles. The van der Waals surface area contributed by atoms with E-state index in [9.17, 15) is 0 Å². The van der Waals surface area contributed by atoms with Crippen LogP contribution in [0.1, 0.15) is 33.4 Å². The van der Waals surface area contributed by atoms with E-state index in [1.807, 2.05) is 12.1 Å². The second-order valence-electron chi connectivity index (χ2n) is 5.25. The van der Waals surface area contributed by atoms with Crippen LogP contribution in [0.5, 0.6) is 0 Å². The lowest BCUT2D eigenvalue weighted by Crippen LogP contribution is -2.15. The van der Waals surface area contributed by atoms with Gasteiger partial charge in [-0.3, -0.25) is 0 Å². The van der Waals surface area contributed by atoms with E-state index in [-0.39, 0.29) is 5.41 Å². The maximum absolute atomic E-state index is 5.09. The van der Waals surface area contributed by atoms with Crippen molar-refractivity contribution in [1.29, 1.82) is 0 Å². The zero-order valence-corrected chi connectivity index (χ0v) is 11.3. The Hall–Kier alpha value is -1.84. The number of nitrogens with zero attached hydrogens (tertiary/aromatic N) is 2. The number of aromatic nitrogens is 2. The zero-order chi connectivity index (χ0) is 13.2. The van der Waals surface area contributed by atoms with Gasteiger partial charge in [-0.05, 0) is 13.0 Å². The average molecular weight is 245 g/mol. The minimum Gasteiger partial charge on any atom is -0.472 e. The molecule has 0 saturated heterocycles. The quantitative estimate of drug-likeness (QED) is 0.899. The fourth-order valence-electron chi connectivity index (χ4n) is 1.62. The van der Waals surface area contributed by atoms with Gasteiger partial charge in [-0.25, -0.2) is 9.97 Å². The number of rotatable bonds is 3. The van der Waals surface area contributed by atoms with Gasteiger partial charge in [0.2, 0.25) is 0 Å². The Kier molecular flexibility index (Phi) is 3.36. The fraction of sp³-hybridized carbons (Fsp3) is 0.429. The van der Waals surface area contributed by atoms with Crippen LogP contribution >= 0.6 is 0 Å². The van der Waals surface area contributed by atoms with Gasteiger partial charge in [0.25, 0.3) is 0 Å². The Morgan fingerprint density at radius 3 is 2.61 bits per heavy atom. The molecule has 0 unspecified atom stereocenters. The second kappa shape index (κ2) is 4.80. The van der Waals surface area contributed by atoms with E-state index in [1.165, 1.54) is 0 Å². The molecule has 96 valence electrons. The van der Waals surface area contributed by atoms with Crippen LogP contribution in [-0.4, -0.2) is 16.5 Å². The predicted octanol–water partition coefficient (Wildman–Crippen LogP) is 3.47. The molecule has 1 N–H and O–H groups in total. The molecule has 2 rings (SSSR count). The molecule has 2 heterocycles. The van der Waals surface area contributed by atoms with Crippen LogP contribution in [0.3, 0.4) is 0 Å². The second-order valence-corrected chi connectivity index (χ2v) is 5.25. The van der Waals surface area contributed by atoms with Crippen molar-refractivity contribution in [1.82, 2.24) is 9.97 Å². The summed E-state index contributed by atoms with van der Waals surface area (Å²) in [6, 6.07) is 3.88. The molecule has 4 nitrogen and oxygen atoms in total. The first-order valence-electron chi connectivity index (χ1n) is 6.16. The van der Waals surface area contributed by atoms with Gasteiger partial charge >= 0.3 is 0 Å². The van der Waals surface area contributed by atoms with Crippen LogP contribution in [0.25, 0.3) is 11.4 Å². The van der Waals surface area contributed by atoms with Gasteiger partial charge < -0.3 is 9.73 Å². The lowest BCUT2D eigenvalue weighted by molar-refractivity contribution is 0.564. The summed E-state index contributed by atoms with van der Waals surface area (Å²) in [6.45, 7) is 9.32. The highest BCUT2D eigenvalue weighted by molar-refractivity contribution is 5.56. The van der Waals surface area contributed by atoms with Crippen LogP contribution in [-0.2, 0) is 5.41 Å². The Bertz CT molecular complexity index is 512. The van der Waals surface area contributed by atoms with Crippen LogP contribution in [0.2, 0.25) is 0 Å². The topological polar surface area (TPSA) is 51.0 Å². The zero-order valence-electron chi connectivity index (χ0n) is 11.3. The van der Waals surface area contributed by atoms with E-state index in [4.69, 9.17) is 4.42 Å². The summed E-state index contributed by atoms with van der Waals surface area (Å²) < 4.78 is 5.09. The molecule has 4 heteroatoms. The third-order valence-electron chi connectivity index (χ3n) is 2.63. The van der Waals surface area contributed by atoms with E-state index in [0.717, 1.165) is 23.6 Å². The summed E-state index contributed by atoms with van der Waals surface area (Å²) in [7, 11) is 0. The molecule has 0 aliphatic carbocycles. The van der Waals surface area contributed by atoms with Gasteiger partial charge in [0, 0.05) is 18.0 Å². The van der Waals surface area contributed by atoms with Gasteiger partial charge in [0.05, 0.1) is 17.5 Å². The third-order valence-corrected chi connectivity index (χ3v) is 2.63.